The van der Waals surface area contributed by atoms with E-state index in [9.17, 15) is 9.59 Å². The molecule has 2 rings (SSSR count). The predicted molar refractivity (Wildman–Crippen MR) is 125 cm³/mol. The lowest BCUT2D eigenvalue weighted by molar-refractivity contribution is -0.150. The van der Waals surface area contributed by atoms with Crippen molar-refractivity contribution in [2.45, 2.75) is 71.3 Å². The smallest absolute Gasteiger partial charge is 0.313 e. The Kier molecular flexibility index (Phi) is 11.2. The number of carbonyl (C=O) groups is 2. The van der Waals surface area contributed by atoms with Gasteiger partial charge in [0.2, 0.25) is 0 Å². The quantitative estimate of drug-likeness (QED) is 0.244. The van der Waals surface area contributed by atoms with Crippen LogP contribution in [0.4, 0.5) is 4.39 Å². The first-order chi connectivity index (χ1) is 15.8. The molecule has 6 nitrogen and oxygen atoms in total. The Hall–Kier alpha value is -2.09. The van der Waals surface area contributed by atoms with Crippen LogP contribution < -0.4 is 5.48 Å². The van der Waals surface area contributed by atoms with Gasteiger partial charge in [0.1, 0.15) is 12.3 Å². The molecular formula is C26H38FNO5. The summed E-state index contributed by atoms with van der Waals surface area (Å²) in [4.78, 5) is 31.2. The summed E-state index contributed by atoms with van der Waals surface area (Å²) in [5.41, 5.74) is 2.56. The Labute approximate surface area is 196 Å². The summed E-state index contributed by atoms with van der Waals surface area (Å²) < 4.78 is 25.7. The number of hydrogen-bond acceptors (Lipinski definition) is 6. The van der Waals surface area contributed by atoms with Gasteiger partial charge in [0, 0.05) is 26.4 Å². The Morgan fingerprint density at radius 1 is 1.24 bits per heavy atom. The molecule has 1 aromatic carbocycles. The Balaban J connectivity index is 1.99. The van der Waals surface area contributed by atoms with Gasteiger partial charge in [-0.25, -0.2) is 4.39 Å². The second kappa shape index (κ2) is 13.6. The number of carbonyl (C=O) groups excluding carboxylic acids is 2. The summed E-state index contributed by atoms with van der Waals surface area (Å²) >= 11 is 0. The molecule has 184 valence electrons. The Morgan fingerprint density at radius 3 is 2.61 bits per heavy atom. The molecule has 0 saturated carbocycles. The van der Waals surface area contributed by atoms with E-state index in [1.54, 1.807) is 6.08 Å². The lowest BCUT2D eigenvalue weighted by atomic mass is 9.77. The number of ketones is 1. The van der Waals surface area contributed by atoms with Crippen molar-refractivity contribution in [3.05, 3.63) is 47.5 Å². The maximum atomic E-state index is 15.2. The molecule has 1 N–H and O–H groups in total. The zero-order chi connectivity index (χ0) is 24.3. The van der Waals surface area contributed by atoms with Crippen LogP contribution in [0.2, 0.25) is 0 Å². The first kappa shape index (κ1) is 27.2. The van der Waals surface area contributed by atoms with Gasteiger partial charge in [0.05, 0.1) is 25.2 Å². The highest BCUT2D eigenvalue weighted by Gasteiger charge is 2.41. The molecule has 0 heterocycles. The number of Topliss-reactive ketones (excluding diaryl/α,β-unsaturated/α-hetero) is 1. The number of methoxy groups -OCH3 is 1. The number of benzene rings is 1. The third kappa shape index (κ3) is 8.99. The number of hydroxylamine groups is 1. The van der Waals surface area contributed by atoms with E-state index in [1.807, 2.05) is 30.3 Å². The van der Waals surface area contributed by atoms with Crippen molar-refractivity contribution in [1.29, 1.82) is 0 Å². The number of alkyl halides is 1. The van der Waals surface area contributed by atoms with Gasteiger partial charge in [-0.3, -0.25) is 14.4 Å². The standard InChI is InChI=1S/C26H38FNO5/c1-5-9-24(19(2)3)33-28-16-22(29)14-21-12-13-26(27,18-31-4)15-23(21)25(30)32-17-20-10-7-6-8-11-20/h6-8,10-12,19,23-24,28H,5,9,13-18H2,1-4H3/t23-,24?,26?/m1/s1. The maximum absolute atomic E-state index is 15.2. The van der Waals surface area contributed by atoms with Crippen LogP contribution in [-0.2, 0) is 30.5 Å². The molecule has 0 aromatic heterocycles. The van der Waals surface area contributed by atoms with Gasteiger partial charge in [-0.1, -0.05) is 69.2 Å². The molecule has 0 radical (unpaired) electrons. The van der Waals surface area contributed by atoms with Crippen molar-refractivity contribution >= 4 is 11.8 Å². The minimum Gasteiger partial charge on any atom is -0.460 e. The summed E-state index contributed by atoms with van der Waals surface area (Å²) in [6.07, 6.45) is 3.65. The van der Waals surface area contributed by atoms with Gasteiger partial charge in [0.25, 0.3) is 0 Å². The zero-order valence-electron chi connectivity index (χ0n) is 20.3. The highest BCUT2D eigenvalue weighted by molar-refractivity contribution is 5.85. The van der Waals surface area contributed by atoms with Crippen LogP contribution in [0.25, 0.3) is 0 Å². The molecule has 0 bridgehead atoms. The van der Waals surface area contributed by atoms with E-state index >= 15 is 4.39 Å². The summed E-state index contributed by atoms with van der Waals surface area (Å²) in [7, 11) is 1.43. The van der Waals surface area contributed by atoms with Crippen LogP contribution in [-0.4, -0.2) is 43.8 Å². The van der Waals surface area contributed by atoms with E-state index in [2.05, 4.69) is 26.3 Å². The molecule has 7 heteroatoms. The van der Waals surface area contributed by atoms with Crippen LogP contribution in [0, 0.1) is 11.8 Å². The highest BCUT2D eigenvalue weighted by atomic mass is 19.1. The number of ether oxygens (including phenoxy) is 2. The number of rotatable bonds is 14. The number of esters is 1. The molecule has 3 atom stereocenters. The topological polar surface area (TPSA) is 73.9 Å². The zero-order valence-corrected chi connectivity index (χ0v) is 20.3. The molecule has 1 aliphatic carbocycles. The summed E-state index contributed by atoms with van der Waals surface area (Å²) in [6, 6.07) is 9.31. The number of allylic oxidation sites excluding steroid dienone is 1. The SMILES string of the molecule is CCCC(ONCC(=O)CC1=CCC(F)(COC)C[C@H]1C(=O)OCc1ccccc1)C(C)C. The van der Waals surface area contributed by atoms with Crippen LogP contribution in [0.15, 0.2) is 42.0 Å². The normalized spacial score (nSPS) is 21.5. The van der Waals surface area contributed by atoms with Gasteiger partial charge in [-0.05, 0) is 17.9 Å². The fourth-order valence-corrected chi connectivity index (χ4v) is 4.00. The average molecular weight is 464 g/mol. The van der Waals surface area contributed by atoms with Crippen molar-refractivity contribution in [3.63, 3.8) is 0 Å². The van der Waals surface area contributed by atoms with Crippen molar-refractivity contribution in [1.82, 2.24) is 5.48 Å². The van der Waals surface area contributed by atoms with E-state index in [4.69, 9.17) is 14.3 Å². The summed E-state index contributed by atoms with van der Waals surface area (Å²) in [6.45, 7) is 6.25. The fraction of sp³-hybridized carbons (Fsp3) is 0.615. The molecule has 0 fully saturated rings. The van der Waals surface area contributed by atoms with Crippen LogP contribution in [0.1, 0.15) is 58.4 Å². The van der Waals surface area contributed by atoms with Crippen molar-refractivity contribution in [3.8, 4) is 0 Å². The molecule has 0 saturated heterocycles. The van der Waals surface area contributed by atoms with Crippen molar-refractivity contribution in [2.75, 3.05) is 20.3 Å². The van der Waals surface area contributed by atoms with Crippen LogP contribution in [0.3, 0.4) is 0 Å². The number of hydrogen-bond donors (Lipinski definition) is 1. The van der Waals surface area contributed by atoms with Crippen LogP contribution >= 0.6 is 0 Å². The fourth-order valence-electron chi connectivity index (χ4n) is 4.00. The first-order valence-corrected chi connectivity index (χ1v) is 11.8. The molecule has 0 aliphatic heterocycles. The van der Waals surface area contributed by atoms with E-state index in [0.717, 1.165) is 18.4 Å². The lowest BCUT2D eigenvalue weighted by Gasteiger charge is -2.33. The second-order valence-electron chi connectivity index (χ2n) is 9.14. The monoisotopic (exact) mass is 463 g/mol. The molecular weight excluding hydrogens is 425 g/mol. The molecule has 2 unspecified atom stereocenters. The second-order valence-corrected chi connectivity index (χ2v) is 9.14. The molecule has 33 heavy (non-hydrogen) atoms. The maximum Gasteiger partial charge on any atom is 0.313 e. The van der Waals surface area contributed by atoms with Crippen molar-refractivity contribution < 1.29 is 28.3 Å². The van der Waals surface area contributed by atoms with Gasteiger partial charge >= 0.3 is 5.97 Å². The van der Waals surface area contributed by atoms with E-state index in [-0.39, 0.29) is 50.9 Å². The van der Waals surface area contributed by atoms with E-state index in [0.29, 0.717) is 11.5 Å². The largest absolute Gasteiger partial charge is 0.460 e. The molecule has 0 spiro atoms. The van der Waals surface area contributed by atoms with Gasteiger partial charge in [-0.15, -0.1) is 0 Å². The lowest BCUT2D eigenvalue weighted by Crippen LogP contribution is -2.39. The molecule has 1 aromatic rings. The third-order valence-corrected chi connectivity index (χ3v) is 5.88. The van der Waals surface area contributed by atoms with E-state index in [1.165, 1.54) is 7.11 Å². The Bertz CT molecular complexity index is 782. The predicted octanol–water partition coefficient (Wildman–Crippen LogP) is 4.73. The number of nitrogens with one attached hydrogen (secondary N) is 1. The first-order valence-electron chi connectivity index (χ1n) is 11.8. The summed E-state index contributed by atoms with van der Waals surface area (Å²) in [5, 5.41) is 0. The minimum absolute atomic E-state index is 0.0227. The van der Waals surface area contributed by atoms with Gasteiger partial charge in [-0.2, -0.15) is 5.48 Å². The Morgan fingerprint density at radius 2 is 1.97 bits per heavy atom. The highest BCUT2D eigenvalue weighted by Crippen LogP contribution is 2.38. The van der Waals surface area contributed by atoms with Gasteiger partial charge in [0.15, 0.2) is 5.78 Å². The third-order valence-electron chi connectivity index (χ3n) is 5.88. The van der Waals surface area contributed by atoms with Crippen molar-refractivity contribution in [2.24, 2.45) is 11.8 Å². The molecule has 0 amide bonds. The average Bonchev–Trinajstić information content (AvgIpc) is 2.79. The van der Waals surface area contributed by atoms with E-state index < -0.39 is 17.6 Å². The van der Waals surface area contributed by atoms with Crippen LogP contribution in [0.5, 0.6) is 0 Å². The summed E-state index contributed by atoms with van der Waals surface area (Å²) in [5.74, 6) is -1.14. The molecule has 1 aliphatic rings. The number of halogens is 1. The minimum atomic E-state index is -1.66. The van der Waals surface area contributed by atoms with Gasteiger partial charge < -0.3 is 9.47 Å².